The largest absolute Gasteiger partial charge is 0.480 e. The molecule has 1 aliphatic carbocycles. The summed E-state index contributed by atoms with van der Waals surface area (Å²) in [5.74, 6) is -0.497. The maximum Gasteiger partial charge on any atom is 0.326 e. The van der Waals surface area contributed by atoms with Gasteiger partial charge in [0.15, 0.2) is 0 Å². The summed E-state index contributed by atoms with van der Waals surface area (Å²) in [6.07, 6.45) is 3.82. The van der Waals surface area contributed by atoms with Gasteiger partial charge in [-0.15, -0.1) is 0 Å². The molecule has 1 heterocycles. The molecular formula is C10H15N3O2. The van der Waals surface area contributed by atoms with E-state index >= 15 is 0 Å². The number of nitrogens with zero attached hydrogens (tertiary/aromatic N) is 2. The van der Waals surface area contributed by atoms with E-state index in [0.717, 1.165) is 24.2 Å². The average Bonchev–Trinajstić information content (AvgIpc) is 2.90. The van der Waals surface area contributed by atoms with E-state index in [1.807, 2.05) is 20.2 Å². The van der Waals surface area contributed by atoms with Crippen LogP contribution in [0.2, 0.25) is 0 Å². The Bertz CT molecular complexity index is 382. The molecule has 5 heteroatoms. The fourth-order valence-corrected chi connectivity index (χ4v) is 1.72. The van der Waals surface area contributed by atoms with Crippen LogP contribution in [0.15, 0.2) is 6.20 Å². The predicted molar refractivity (Wildman–Crippen MR) is 55.7 cm³/mol. The average molecular weight is 209 g/mol. The number of aliphatic carboxylic acids is 1. The number of hydrogen-bond acceptors (Lipinski definition) is 3. The molecular weight excluding hydrogens is 194 g/mol. The lowest BCUT2D eigenvalue weighted by molar-refractivity contribution is -0.138. The molecule has 1 atom stereocenters. The summed E-state index contributed by atoms with van der Waals surface area (Å²) in [6, 6.07) is -0.465. The monoisotopic (exact) mass is 209 g/mol. The first-order valence-corrected chi connectivity index (χ1v) is 5.07. The van der Waals surface area contributed by atoms with E-state index in [0.29, 0.717) is 0 Å². The van der Waals surface area contributed by atoms with Crippen molar-refractivity contribution in [3.8, 4) is 0 Å². The van der Waals surface area contributed by atoms with Gasteiger partial charge in [-0.1, -0.05) is 0 Å². The number of nitrogens with one attached hydrogen (secondary N) is 1. The van der Waals surface area contributed by atoms with Gasteiger partial charge in [-0.3, -0.25) is 4.68 Å². The Hall–Kier alpha value is -1.52. The summed E-state index contributed by atoms with van der Waals surface area (Å²) in [5, 5.41) is 16.3. The highest BCUT2D eigenvalue weighted by Gasteiger charge is 2.36. The van der Waals surface area contributed by atoms with Gasteiger partial charge in [0.05, 0.1) is 11.4 Å². The van der Waals surface area contributed by atoms with Crippen molar-refractivity contribution in [1.29, 1.82) is 0 Å². The van der Waals surface area contributed by atoms with Crippen molar-refractivity contribution in [2.45, 2.75) is 25.8 Å². The number of anilines is 1. The van der Waals surface area contributed by atoms with Crippen molar-refractivity contribution in [2.75, 3.05) is 5.32 Å². The second kappa shape index (κ2) is 3.56. The highest BCUT2D eigenvalue weighted by Crippen LogP contribution is 2.34. The Morgan fingerprint density at radius 3 is 2.80 bits per heavy atom. The molecule has 0 aliphatic heterocycles. The smallest absolute Gasteiger partial charge is 0.326 e. The molecule has 1 aromatic heterocycles. The number of carboxylic acids is 1. The summed E-state index contributed by atoms with van der Waals surface area (Å²) < 4.78 is 1.68. The fourth-order valence-electron chi connectivity index (χ4n) is 1.72. The molecule has 0 spiro atoms. The Balaban J connectivity index is 2.11. The summed E-state index contributed by atoms with van der Waals surface area (Å²) in [4.78, 5) is 11.0. The molecule has 1 aliphatic rings. The van der Waals surface area contributed by atoms with Crippen LogP contribution >= 0.6 is 0 Å². The maximum absolute atomic E-state index is 11.0. The number of carbonyl (C=O) groups is 1. The van der Waals surface area contributed by atoms with Gasteiger partial charge in [0, 0.05) is 13.2 Å². The Morgan fingerprint density at radius 2 is 2.40 bits per heavy atom. The van der Waals surface area contributed by atoms with Crippen LogP contribution < -0.4 is 5.32 Å². The molecule has 0 bridgehead atoms. The highest BCUT2D eigenvalue weighted by molar-refractivity contribution is 5.78. The normalized spacial score (nSPS) is 17.5. The van der Waals surface area contributed by atoms with Crippen molar-refractivity contribution in [3.63, 3.8) is 0 Å². The molecule has 0 radical (unpaired) electrons. The Kier molecular flexibility index (Phi) is 2.38. The van der Waals surface area contributed by atoms with Crippen molar-refractivity contribution in [3.05, 3.63) is 11.9 Å². The molecule has 0 amide bonds. The van der Waals surface area contributed by atoms with Gasteiger partial charge in [0.1, 0.15) is 6.04 Å². The van der Waals surface area contributed by atoms with Gasteiger partial charge in [0.2, 0.25) is 0 Å². The Labute approximate surface area is 88.1 Å². The van der Waals surface area contributed by atoms with E-state index < -0.39 is 12.0 Å². The molecule has 2 rings (SSSR count). The maximum atomic E-state index is 11.0. The zero-order valence-electron chi connectivity index (χ0n) is 8.90. The second-order valence-corrected chi connectivity index (χ2v) is 4.10. The predicted octanol–water partition coefficient (Wildman–Crippen LogP) is 1.00. The van der Waals surface area contributed by atoms with Crippen LogP contribution in [0.1, 0.15) is 18.5 Å². The molecule has 1 aromatic rings. The van der Waals surface area contributed by atoms with Crippen molar-refractivity contribution < 1.29 is 9.90 Å². The minimum Gasteiger partial charge on any atom is -0.480 e. The van der Waals surface area contributed by atoms with E-state index in [1.165, 1.54) is 0 Å². The van der Waals surface area contributed by atoms with Crippen LogP contribution in [0.25, 0.3) is 0 Å². The lowest BCUT2D eigenvalue weighted by atomic mass is 10.2. The van der Waals surface area contributed by atoms with Gasteiger partial charge in [-0.25, -0.2) is 4.79 Å². The summed E-state index contributed by atoms with van der Waals surface area (Å²) in [6.45, 7) is 1.87. The molecule has 82 valence electrons. The van der Waals surface area contributed by atoms with Gasteiger partial charge in [-0.2, -0.15) is 5.10 Å². The van der Waals surface area contributed by atoms with Crippen LogP contribution in [-0.2, 0) is 11.8 Å². The third-order valence-corrected chi connectivity index (χ3v) is 2.68. The van der Waals surface area contributed by atoms with E-state index in [-0.39, 0.29) is 5.92 Å². The van der Waals surface area contributed by atoms with Gasteiger partial charge in [0.25, 0.3) is 0 Å². The van der Waals surface area contributed by atoms with Crippen LogP contribution in [0.3, 0.4) is 0 Å². The minimum absolute atomic E-state index is 0.280. The van der Waals surface area contributed by atoms with Crippen LogP contribution in [0.4, 0.5) is 5.69 Å². The third-order valence-electron chi connectivity index (χ3n) is 2.68. The SMILES string of the molecule is Cc1nn(C)cc1NC(C(=O)O)C1CC1. The molecule has 1 saturated carbocycles. The number of rotatable bonds is 4. The first kappa shape index (κ1) is 10.0. The number of carboxylic acid groups (broad SMARTS) is 1. The fraction of sp³-hybridized carbons (Fsp3) is 0.600. The topological polar surface area (TPSA) is 67.2 Å². The van der Waals surface area contributed by atoms with Crippen molar-refractivity contribution in [2.24, 2.45) is 13.0 Å². The summed E-state index contributed by atoms with van der Waals surface area (Å²) >= 11 is 0. The standard InChI is InChI=1S/C10H15N3O2/c1-6-8(5-13(2)12-6)11-9(10(14)15)7-3-4-7/h5,7,9,11H,3-4H2,1-2H3,(H,14,15). The van der Waals surface area contributed by atoms with Gasteiger partial charge in [-0.05, 0) is 25.7 Å². The summed E-state index contributed by atoms with van der Waals surface area (Å²) in [7, 11) is 1.82. The molecule has 2 N–H and O–H groups in total. The molecule has 15 heavy (non-hydrogen) atoms. The van der Waals surface area contributed by atoms with Crippen molar-refractivity contribution >= 4 is 11.7 Å². The van der Waals surface area contributed by atoms with Gasteiger partial charge < -0.3 is 10.4 Å². The minimum atomic E-state index is -0.777. The second-order valence-electron chi connectivity index (χ2n) is 4.10. The van der Waals surface area contributed by atoms with Gasteiger partial charge >= 0.3 is 5.97 Å². The third kappa shape index (κ3) is 2.11. The Morgan fingerprint density at radius 1 is 1.73 bits per heavy atom. The van der Waals surface area contributed by atoms with E-state index in [9.17, 15) is 4.79 Å². The molecule has 0 aromatic carbocycles. The molecule has 0 saturated heterocycles. The first-order valence-electron chi connectivity index (χ1n) is 5.07. The van der Waals surface area contributed by atoms with Crippen molar-refractivity contribution in [1.82, 2.24) is 9.78 Å². The zero-order valence-corrected chi connectivity index (χ0v) is 8.90. The van der Waals surface area contributed by atoms with E-state index in [1.54, 1.807) is 4.68 Å². The summed E-state index contributed by atoms with van der Waals surface area (Å²) in [5.41, 5.74) is 1.65. The molecule has 1 unspecified atom stereocenters. The van der Waals surface area contributed by atoms with E-state index in [2.05, 4.69) is 10.4 Å². The highest BCUT2D eigenvalue weighted by atomic mass is 16.4. The molecule has 1 fully saturated rings. The van der Waals surface area contributed by atoms with Crippen LogP contribution in [0, 0.1) is 12.8 Å². The number of aromatic nitrogens is 2. The lowest BCUT2D eigenvalue weighted by Gasteiger charge is -2.13. The van der Waals surface area contributed by atoms with E-state index in [4.69, 9.17) is 5.11 Å². The molecule has 5 nitrogen and oxygen atoms in total. The quantitative estimate of drug-likeness (QED) is 0.776. The number of hydrogen-bond donors (Lipinski definition) is 2. The van der Waals surface area contributed by atoms with Crippen LogP contribution in [0.5, 0.6) is 0 Å². The lowest BCUT2D eigenvalue weighted by Crippen LogP contribution is -2.31. The van der Waals surface area contributed by atoms with Crippen LogP contribution in [-0.4, -0.2) is 26.9 Å². The zero-order chi connectivity index (χ0) is 11.0. The first-order chi connectivity index (χ1) is 7.08. The number of aryl methyl sites for hydroxylation is 2.